The highest BCUT2D eigenvalue weighted by atomic mass is 19.4. The normalized spacial score (nSPS) is 13.5. The van der Waals surface area contributed by atoms with Crippen LogP contribution >= 0.6 is 0 Å². The lowest BCUT2D eigenvalue weighted by atomic mass is 10.0. The number of rotatable bonds is 7. The minimum Gasteiger partial charge on any atom is -0.467 e. The second kappa shape index (κ2) is 9.36. The van der Waals surface area contributed by atoms with Gasteiger partial charge in [0.05, 0.1) is 12.7 Å². The largest absolute Gasteiger partial charge is 0.467 e. The zero-order valence-electron chi connectivity index (χ0n) is 15.3. The third-order valence-electron chi connectivity index (χ3n) is 4.07. The molecule has 0 spiro atoms. The van der Waals surface area contributed by atoms with Crippen LogP contribution in [0.5, 0.6) is 0 Å². The van der Waals surface area contributed by atoms with E-state index in [-0.39, 0.29) is 12.0 Å². The SMILES string of the molecule is COC(=O)[C@H](Cc1cccc(C(F)(F)F)c1)NC(=O)[C@@H](OC)c1ccccc1. The minimum atomic E-state index is -4.51. The van der Waals surface area contributed by atoms with Gasteiger partial charge in [-0.25, -0.2) is 4.79 Å². The number of nitrogens with one attached hydrogen (secondary N) is 1. The topological polar surface area (TPSA) is 64.6 Å². The van der Waals surface area contributed by atoms with E-state index in [0.29, 0.717) is 5.56 Å². The van der Waals surface area contributed by atoms with Crippen molar-refractivity contribution in [1.29, 1.82) is 0 Å². The predicted molar refractivity (Wildman–Crippen MR) is 95.3 cm³/mol. The molecule has 0 aromatic heterocycles. The molecular formula is C20H20F3NO4. The number of alkyl halides is 3. The first-order valence-corrected chi connectivity index (χ1v) is 8.38. The average molecular weight is 395 g/mol. The van der Waals surface area contributed by atoms with Gasteiger partial charge >= 0.3 is 12.1 Å². The fourth-order valence-corrected chi connectivity index (χ4v) is 2.72. The Morgan fingerprint density at radius 3 is 2.29 bits per heavy atom. The number of halogens is 3. The Labute approximate surface area is 160 Å². The number of benzene rings is 2. The molecular weight excluding hydrogens is 375 g/mol. The van der Waals surface area contributed by atoms with E-state index in [9.17, 15) is 22.8 Å². The van der Waals surface area contributed by atoms with Crippen LogP contribution < -0.4 is 5.32 Å². The van der Waals surface area contributed by atoms with Crippen molar-refractivity contribution >= 4 is 11.9 Å². The Hall–Kier alpha value is -2.87. The lowest BCUT2D eigenvalue weighted by molar-refractivity contribution is -0.146. The molecule has 28 heavy (non-hydrogen) atoms. The number of ether oxygens (including phenoxy) is 2. The summed E-state index contributed by atoms with van der Waals surface area (Å²) >= 11 is 0. The van der Waals surface area contributed by atoms with Gasteiger partial charge in [0.15, 0.2) is 6.10 Å². The molecule has 1 N–H and O–H groups in total. The summed E-state index contributed by atoms with van der Waals surface area (Å²) in [5, 5.41) is 2.50. The maximum absolute atomic E-state index is 12.9. The van der Waals surface area contributed by atoms with Gasteiger partial charge in [-0.2, -0.15) is 13.2 Å². The maximum Gasteiger partial charge on any atom is 0.416 e. The van der Waals surface area contributed by atoms with Crippen molar-refractivity contribution in [3.8, 4) is 0 Å². The minimum absolute atomic E-state index is 0.159. The van der Waals surface area contributed by atoms with Crippen molar-refractivity contribution in [2.45, 2.75) is 24.7 Å². The van der Waals surface area contributed by atoms with E-state index in [1.54, 1.807) is 30.3 Å². The molecule has 0 saturated heterocycles. The van der Waals surface area contributed by atoms with Crippen LogP contribution in [0.2, 0.25) is 0 Å². The summed E-state index contributed by atoms with van der Waals surface area (Å²) in [6, 6.07) is 12.0. The molecule has 0 bridgehead atoms. The van der Waals surface area contributed by atoms with Gasteiger partial charge in [0, 0.05) is 13.5 Å². The zero-order valence-corrected chi connectivity index (χ0v) is 15.3. The van der Waals surface area contributed by atoms with Gasteiger partial charge in [-0.15, -0.1) is 0 Å². The van der Waals surface area contributed by atoms with Crippen LogP contribution in [0.15, 0.2) is 54.6 Å². The summed E-state index contributed by atoms with van der Waals surface area (Å²) in [4.78, 5) is 24.7. The number of carbonyl (C=O) groups excluding carboxylic acids is 2. The first-order valence-electron chi connectivity index (χ1n) is 8.38. The lowest BCUT2D eigenvalue weighted by Gasteiger charge is -2.21. The van der Waals surface area contributed by atoms with E-state index in [0.717, 1.165) is 19.2 Å². The van der Waals surface area contributed by atoms with Gasteiger partial charge in [-0.05, 0) is 17.2 Å². The summed E-state index contributed by atoms with van der Waals surface area (Å²) in [6.07, 6.45) is -5.64. The van der Waals surface area contributed by atoms with E-state index in [2.05, 4.69) is 10.1 Å². The quantitative estimate of drug-likeness (QED) is 0.731. The highest BCUT2D eigenvalue weighted by Crippen LogP contribution is 2.29. The molecule has 0 aliphatic rings. The van der Waals surface area contributed by atoms with Crippen LogP contribution in [0.3, 0.4) is 0 Å². The van der Waals surface area contributed by atoms with Crippen molar-refractivity contribution in [2.75, 3.05) is 14.2 Å². The highest BCUT2D eigenvalue weighted by Gasteiger charge is 2.31. The van der Waals surface area contributed by atoms with E-state index in [1.165, 1.54) is 19.2 Å². The second-order valence-corrected chi connectivity index (χ2v) is 6.01. The molecule has 2 aromatic rings. The van der Waals surface area contributed by atoms with Gasteiger partial charge in [-0.3, -0.25) is 4.79 Å². The predicted octanol–water partition coefficient (Wildman–Crippen LogP) is 3.29. The molecule has 150 valence electrons. The molecule has 0 unspecified atom stereocenters. The van der Waals surface area contributed by atoms with Crippen LogP contribution in [-0.4, -0.2) is 32.1 Å². The van der Waals surface area contributed by atoms with E-state index < -0.39 is 35.8 Å². The first-order chi connectivity index (χ1) is 13.3. The summed E-state index contributed by atoms with van der Waals surface area (Å²) in [5.41, 5.74) is -0.0246. The third kappa shape index (κ3) is 5.56. The number of esters is 1. The Bertz CT molecular complexity index is 809. The summed E-state index contributed by atoms with van der Waals surface area (Å²) in [7, 11) is 2.48. The maximum atomic E-state index is 12.9. The van der Waals surface area contributed by atoms with Gasteiger partial charge in [0.25, 0.3) is 5.91 Å². The Kier molecular flexibility index (Phi) is 7.17. The fraction of sp³-hybridized carbons (Fsp3) is 0.300. The molecule has 0 aliphatic carbocycles. The standard InChI is InChI=1S/C20H20F3NO4/c1-27-17(14-8-4-3-5-9-14)18(25)24-16(19(26)28-2)12-13-7-6-10-15(11-13)20(21,22)23/h3-11,16-17H,12H2,1-2H3,(H,24,25)/t16-,17-/m0/s1. The van der Waals surface area contributed by atoms with Gasteiger partial charge in [0.2, 0.25) is 0 Å². The Morgan fingerprint density at radius 1 is 1.04 bits per heavy atom. The first kappa shape index (κ1) is 21.4. The van der Waals surface area contributed by atoms with Crippen molar-refractivity contribution in [1.82, 2.24) is 5.32 Å². The highest BCUT2D eigenvalue weighted by molar-refractivity contribution is 5.87. The zero-order chi connectivity index (χ0) is 20.7. The van der Waals surface area contributed by atoms with Gasteiger partial charge < -0.3 is 14.8 Å². The van der Waals surface area contributed by atoms with Crippen LogP contribution in [0, 0.1) is 0 Å². The van der Waals surface area contributed by atoms with Crippen molar-refractivity contribution in [2.24, 2.45) is 0 Å². The van der Waals surface area contributed by atoms with E-state index >= 15 is 0 Å². The van der Waals surface area contributed by atoms with Crippen LogP contribution in [0.25, 0.3) is 0 Å². The molecule has 0 fully saturated rings. The number of hydrogen-bond donors (Lipinski definition) is 1. The Balaban J connectivity index is 2.20. The van der Waals surface area contributed by atoms with Crippen molar-refractivity contribution < 1.29 is 32.2 Å². The molecule has 0 aliphatic heterocycles. The molecule has 8 heteroatoms. The molecule has 2 aromatic carbocycles. The monoisotopic (exact) mass is 395 g/mol. The molecule has 5 nitrogen and oxygen atoms in total. The number of hydrogen-bond acceptors (Lipinski definition) is 4. The molecule has 2 atom stereocenters. The fourth-order valence-electron chi connectivity index (χ4n) is 2.72. The van der Waals surface area contributed by atoms with Crippen molar-refractivity contribution in [3.05, 3.63) is 71.3 Å². The molecule has 0 saturated carbocycles. The molecule has 2 rings (SSSR count). The van der Waals surface area contributed by atoms with Crippen molar-refractivity contribution in [3.63, 3.8) is 0 Å². The number of carbonyl (C=O) groups is 2. The Morgan fingerprint density at radius 2 is 1.71 bits per heavy atom. The summed E-state index contributed by atoms with van der Waals surface area (Å²) in [5.74, 6) is -1.37. The summed E-state index contributed by atoms with van der Waals surface area (Å²) in [6.45, 7) is 0. The smallest absolute Gasteiger partial charge is 0.416 e. The summed E-state index contributed by atoms with van der Waals surface area (Å²) < 4.78 is 48.6. The average Bonchev–Trinajstić information content (AvgIpc) is 2.68. The lowest BCUT2D eigenvalue weighted by Crippen LogP contribution is -2.45. The molecule has 0 heterocycles. The third-order valence-corrected chi connectivity index (χ3v) is 4.07. The number of amides is 1. The van der Waals surface area contributed by atoms with Crippen LogP contribution in [0.4, 0.5) is 13.2 Å². The van der Waals surface area contributed by atoms with E-state index in [4.69, 9.17) is 4.74 Å². The molecule has 1 amide bonds. The van der Waals surface area contributed by atoms with Gasteiger partial charge in [-0.1, -0.05) is 48.5 Å². The van der Waals surface area contributed by atoms with E-state index in [1.807, 2.05) is 0 Å². The molecule has 0 radical (unpaired) electrons. The second-order valence-electron chi connectivity index (χ2n) is 6.01. The van der Waals surface area contributed by atoms with Crippen LogP contribution in [0.1, 0.15) is 22.8 Å². The van der Waals surface area contributed by atoms with Gasteiger partial charge in [0.1, 0.15) is 6.04 Å². The van der Waals surface area contributed by atoms with Crippen LogP contribution in [-0.2, 0) is 31.7 Å². The number of methoxy groups -OCH3 is 2.